The van der Waals surface area contributed by atoms with Crippen molar-refractivity contribution in [2.24, 2.45) is 0 Å². The zero-order valence-corrected chi connectivity index (χ0v) is 19.2. The predicted octanol–water partition coefficient (Wildman–Crippen LogP) is -0.591. The van der Waals surface area contributed by atoms with Gasteiger partial charge in [0.1, 0.15) is 11.9 Å². The Kier molecular flexibility index (Phi) is 10.1. The van der Waals surface area contributed by atoms with Crippen LogP contribution in [0.3, 0.4) is 0 Å². The summed E-state index contributed by atoms with van der Waals surface area (Å²) in [5.41, 5.74) is 0.183. The Morgan fingerprint density at radius 3 is 2.41 bits per heavy atom. The van der Waals surface area contributed by atoms with Gasteiger partial charge in [-0.1, -0.05) is 19.3 Å². The molecule has 1 heterocycles. The minimum Gasteiger partial charge on any atom is -0.347 e. The molecule has 0 spiro atoms. The van der Waals surface area contributed by atoms with Crippen LogP contribution in [0, 0.1) is 0 Å². The van der Waals surface area contributed by atoms with Gasteiger partial charge in [0.15, 0.2) is 0 Å². The van der Waals surface area contributed by atoms with Gasteiger partial charge in [-0.25, -0.2) is 4.98 Å². The summed E-state index contributed by atoms with van der Waals surface area (Å²) in [6.45, 7) is 1.83. The molecule has 0 aliphatic heterocycles. The fourth-order valence-corrected chi connectivity index (χ4v) is 3.35. The van der Waals surface area contributed by atoms with Crippen LogP contribution in [0.1, 0.15) is 56.3 Å². The number of hydrogen-bond donors (Lipinski definition) is 5. The van der Waals surface area contributed by atoms with Crippen LogP contribution in [0.2, 0.25) is 0 Å². The maximum absolute atomic E-state index is 12.2. The van der Waals surface area contributed by atoms with Gasteiger partial charge in [-0.05, 0) is 31.9 Å². The third-order valence-corrected chi connectivity index (χ3v) is 5.12. The quantitative estimate of drug-likeness (QED) is 0.282. The summed E-state index contributed by atoms with van der Waals surface area (Å²) in [5.74, 6) is -3.50. The normalized spacial score (nSPS) is 14.3. The molecule has 1 fully saturated rings. The van der Waals surface area contributed by atoms with E-state index in [4.69, 9.17) is 0 Å². The molecular formula is C22H30N6O6. The zero-order chi connectivity index (χ0) is 25.1. The molecule has 5 N–H and O–H groups in total. The number of anilines is 1. The van der Waals surface area contributed by atoms with E-state index in [-0.39, 0.29) is 23.3 Å². The molecular weight excluding hydrogens is 444 g/mol. The molecule has 0 radical (unpaired) electrons. The van der Waals surface area contributed by atoms with Gasteiger partial charge >= 0.3 is 0 Å². The number of ketones is 1. The smallest absolute Gasteiger partial charge is 0.289 e. The van der Waals surface area contributed by atoms with Crippen LogP contribution in [0.5, 0.6) is 0 Å². The van der Waals surface area contributed by atoms with Crippen LogP contribution < -0.4 is 26.6 Å². The van der Waals surface area contributed by atoms with E-state index >= 15 is 0 Å². The van der Waals surface area contributed by atoms with Crippen LogP contribution in [0.4, 0.5) is 5.82 Å². The molecule has 34 heavy (non-hydrogen) atoms. The maximum atomic E-state index is 12.2. The first kappa shape index (κ1) is 26.4. The van der Waals surface area contributed by atoms with E-state index in [1.165, 1.54) is 32.2 Å². The Hall–Kier alpha value is -3.83. The van der Waals surface area contributed by atoms with E-state index in [9.17, 15) is 28.8 Å². The molecule has 1 unspecified atom stereocenters. The molecule has 1 aliphatic carbocycles. The number of pyridine rings is 1. The summed E-state index contributed by atoms with van der Waals surface area (Å²) >= 11 is 0. The SMILES string of the molecule is CC(=O)Nc1cc(C(=O)NCC(=O)NC(C)C(=O)NCC(=O)C(=O)NC2CCCCC2)ccn1. The third kappa shape index (κ3) is 8.96. The van der Waals surface area contributed by atoms with Crippen molar-refractivity contribution in [3.8, 4) is 0 Å². The lowest BCUT2D eigenvalue weighted by molar-refractivity contribution is -0.138. The molecule has 2 rings (SSSR count). The van der Waals surface area contributed by atoms with E-state index in [1.807, 2.05) is 0 Å². The topological polar surface area (TPSA) is 175 Å². The average molecular weight is 475 g/mol. The highest BCUT2D eigenvalue weighted by atomic mass is 16.2. The molecule has 1 aliphatic rings. The number of amides is 5. The Bertz CT molecular complexity index is 944. The van der Waals surface area contributed by atoms with Crippen molar-refractivity contribution in [1.29, 1.82) is 0 Å². The number of hydrogen-bond acceptors (Lipinski definition) is 7. The number of rotatable bonds is 10. The van der Waals surface area contributed by atoms with Gasteiger partial charge in [0, 0.05) is 24.7 Å². The summed E-state index contributed by atoms with van der Waals surface area (Å²) in [6.07, 6.45) is 6.14. The summed E-state index contributed by atoms with van der Waals surface area (Å²) in [6, 6.07) is 1.76. The summed E-state index contributed by atoms with van der Waals surface area (Å²) in [7, 11) is 0. The van der Waals surface area contributed by atoms with Crippen molar-refractivity contribution in [2.75, 3.05) is 18.4 Å². The van der Waals surface area contributed by atoms with Crippen LogP contribution in [-0.2, 0) is 24.0 Å². The van der Waals surface area contributed by atoms with Gasteiger partial charge in [0.2, 0.25) is 23.5 Å². The lowest BCUT2D eigenvalue weighted by Crippen LogP contribution is -2.50. The highest BCUT2D eigenvalue weighted by Gasteiger charge is 2.22. The lowest BCUT2D eigenvalue weighted by Gasteiger charge is -2.22. The Morgan fingerprint density at radius 2 is 1.74 bits per heavy atom. The van der Waals surface area contributed by atoms with Crippen LogP contribution in [0.15, 0.2) is 18.3 Å². The van der Waals surface area contributed by atoms with Gasteiger partial charge in [-0.3, -0.25) is 28.8 Å². The Balaban J connectivity index is 1.71. The number of aromatic nitrogens is 1. The van der Waals surface area contributed by atoms with Gasteiger partial charge < -0.3 is 26.6 Å². The largest absolute Gasteiger partial charge is 0.347 e. The molecule has 0 aromatic carbocycles. The van der Waals surface area contributed by atoms with Crippen LogP contribution >= 0.6 is 0 Å². The minimum atomic E-state index is -0.995. The minimum absolute atomic E-state index is 0.0153. The third-order valence-electron chi connectivity index (χ3n) is 5.12. The first-order chi connectivity index (χ1) is 16.2. The molecule has 12 heteroatoms. The van der Waals surface area contributed by atoms with Crippen molar-refractivity contribution < 1.29 is 28.8 Å². The monoisotopic (exact) mass is 474 g/mol. The van der Waals surface area contributed by atoms with Gasteiger partial charge in [-0.2, -0.15) is 0 Å². The van der Waals surface area contributed by atoms with Crippen LogP contribution in [0.25, 0.3) is 0 Å². The standard InChI is InChI=1S/C22H30N6O6/c1-13(20(32)24-11-17(30)22(34)28-16-6-4-3-5-7-16)26-19(31)12-25-21(33)15-8-9-23-18(10-15)27-14(2)29/h8-10,13,16H,3-7,11-12H2,1-2H3,(H,24,32)(H,25,33)(H,26,31)(H,28,34)(H,23,27,29). The molecule has 0 saturated heterocycles. The molecule has 1 aromatic heterocycles. The molecule has 1 aromatic rings. The predicted molar refractivity (Wildman–Crippen MR) is 122 cm³/mol. The number of nitrogens with zero attached hydrogens (tertiary/aromatic N) is 1. The van der Waals surface area contributed by atoms with E-state index in [1.54, 1.807) is 0 Å². The highest BCUT2D eigenvalue weighted by molar-refractivity contribution is 6.37. The fourth-order valence-electron chi connectivity index (χ4n) is 3.35. The molecule has 5 amide bonds. The highest BCUT2D eigenvalue weighted by Crippen LogP contribution is 2.17. The van der Waals surface area contributed by atoms with E-state index < -0.39 is 48.5 Å². The Labute approximate surface area is 197 Å². The van der Waals surface area contributed by atoms with Crippen LogP contribution in [-0.4, -0.2) is 65.5 Å². The van der Waals surface area contributed by atoms with Gasteiger partial charge in [-0.15, -0.1) is 0 Å². The van der Waals surface area contributed by atoms with E-state index in [2.05, 4.69) is 31.6 Å². The van der Waals surface area contributed by atoms with E-state index in [0.29, 0.717) is 0 Å². The number of carbonyl (C=O) groups is 6. The first-order valence-electron chi connectivity index (χ1n) is 11.1. The molecule has 1 saturated carbocycles. The molecule has 184 valence electrons. The van der Waals surface area contributed by atoms with E-state index in [0.717, 1.165) is 32.1 Å². The number of nitrogens with one attached hydrogen (secondary N) is 5. The number of Topliss-reactive ketones (excluding diaryl/α,β-unsaturated/α-hetero) is 1. The van der Waals surface area contributed by atoms with Crippen molar-refractivity contribution in [3.05, 3.63) is 23.9 Å². The molecule has 0 bridgehead atoms. The molecule has 1 atom stereocenters. The summed E-state index contributed by atoms with van der Waals surface area (Å²) in [4.78, 5) is 75.3. The average Bonchev–Trinajstić information content (AvgIpc) is 2.81. The summed E-state index contributed by atoms with van der Waals surface area (Å²) in [5, 5.41) is 12.2. The maximum Gasteiger partial charge on any atom is 0.289 e. The van der Waals surface area contributed by atoms with Gasteiger partial charge in [0.05, 0.1) is 13.1 Å². The van der Waals surface area contributed by atoms with Crippen molar-refractivity contribution in [1.82, 2.24) is 26.3 Å². The number of carbonyl (C=O) groups excluding carboxylic acids is 6. The van der Waals surface area contributed by atoms with Crippen molar-refractivity contribution in [3.63, 3.8) is 0 Å². The second-order valence-electron chi connectivity index (χ2n) is 8.03. The van der Waals surface area contributed by atoms with Crippen molar-refractivity contribution in [2.45, 2.75) is 58.0 Å². The molecule has 12 nitrogen and oxygen atoms in total. The second-order valence-corrected chi connectivity index (χ2v) is 8.03. The summed E-state index contributed by atoms with van der Waals surface area (Å²) < 4.78 is 0. The zero-order valence-electron chi connectivity index (χ0n) is 19.2. The van der Waals surface area contributed by atoms with Gasteiger partial charge in [0.25, 0.3) is 11.8 Å². The fraction of sp³-hybridized carbons (Fsp3) is 0.500. The Morgan fingerprint density at radius 1 is 1.03 bits per heavy atom. The first-order valence-corrected chi connectivity index (χ1v) is 11.1. The lowest BCUT2D eigenvalue weighted by atomic mass is 9.95. The van der Waals surface area contributed by atoms with Crippen molar-refractivity contribution >= 4 is 41.1 Å². The second kappa shape index (κ2) is 13.0.